The molecule has 4 heteroatoms. The van der Waals surface area contributed by atoms with E-state index >= 15 is 0 Å². The number of hydrogen-bond donors (Lipinski definition) is 0. The summed E-state index contributed by atoms with van der Waals surface area (Å²) in [5.74, 6) is 0.731. The lowest BCUT2D eigenvalue weighted by atomic mass is 9.82. The quantitative estimate of drug-likeness (QED) is 0.163. The fraction of sp³-hybridized carbons (Fsp3) is 0.0545. The summed E-state index contributed by atoms with van der Waals surface area (Å²) in [5.41, 5.74) is 14.0. The fourth-order valence-electron chi connectivity index (χ4n) is 10.5. The van der Waals surface area contributed by atoms with Crippen LogP contribution >= 0.6 is 0 Å². The first-order valence-corrected chi connectivity index (χ1v) is 22.5. The van der Waals surface area contributed by atoms with Gasteiger partial charge in [-0.1, -0.05) is 190 Å². The molecule has 0 unspecified atom stereocenters. The van der Waals surface area contributed by atoms with Gasteiger partial charge in [-0.05, 0) is 62.1 Å². The monoisotopic (exact) mass is 769 g/mol. The number of hydrogen-bond acceptors (Lipinski definition) is 2. The third-order valence-corrected chi connectivity index (χ3v) is 18.0. The minimum absolute atomic E-state index is 0.138. The third kappa shape index (κ3) is 4.69. The van der Waals surface area contributed by atoms with Crippen LogP contribution in [0.3, 0.4) is 0 Å². The summed E-state index contributed by atoms with van der Waals surface area (Å²) >= 11 is 0. The van der Waals surface area contributed by atoms with E-state index in [9.17, 15) is 0 Å². The molecule has 0 saturated heterocycles. The molecule has 3 nitrogen and oxygen atoms in total. The Balaban J connectivity index is 1.22. The number of fused-ring (bicyclic) bond motifs is 9. The van der Waals surface area contributed by atoms with Gasteiger partial charge < -0.3 is 4.57 Å². The van der Waals surface area contributed by atoms with Crippen molar-refractivity contribution < 1.29 is 0 Å². The lowest BCUT2D eigenvalue weighted by molar-refractivity contribution is 0.661. The zero-order valence-electron chi connectivity index (χ0n) is 32.9. The van der Waals surface area contributed by atoms with E-state index in [0.29, 0.717) is 0 Å². The maximum absolute atomic E-state index is 5.76. The molecular weight excluding hydrogens is 731 g/mol. The molecule has 0 N–H and O–H groups in total. The maximum atomic E-state index is 5.76. The van der Waals surface area contributed by atoms with Crippen LogP contribution < -0.4 is 20.7 Å². The Morgan fingerprint density at radius 3 is 1.73 bits per heavy atom. The predicted octanol–water partition coefficient (Wildman–Crippen LogP) is 10.6. The molecule has 8 aromatic carbocycles. The topological polar surface area (TPSA) is 30.7 Å². The summed E-state index contributed by atoms with van der Waals surface area (Å²) in [7, 11) is -3.00. The second-order valence-corrected chi connectivity index (χ2v) is 20.2. The lowest BCUT2D eigenvalue weighted by Gasteiger charge is -2.32. The highest BCUT2D eigenvalue weighted by Crippen LogP contribution is 2.51. The van der Waals surface area contributed by atoms with E-state index in [4.69, 9.17) is 9.97 Å². The van der Waals surface area contributed by atoms with Crippen molar-refractivity contribution in [3.8, 4) is 50.7 Å². The lowest BCUT2D eigenvalue weighted by Crippen LogP contribution is -2.73. The molecule has 0 spiro atoms. The Morgan fingerprint density at radius 2 is 1.00 bits per heavy atom. The summed E-state index contributed by atoms with van der Waals surface area (Å²) < 4.78 is 2.51. The third-order valence-electron chi connectivity index (χ3n) is 13.1. The van der Waals surface area contributed by atoms with Crippen molar-refractivity contribution in [1.29, 1.82) is 0 Å². The van der Waals surface area contributed by atoms with Gasteiger partial charge in [0.25, 0.3) is 0 Å². The van der Waals surface area contributed by atoms with Gasteiger partial charge in [-0.3, -0.25) is 0 Å². The van der Waals surface area contributed by atoms with E-state index in [2.05, 4.69) is 219 Å². The van der Waals surface area contributed by atoms with Crippen molar-refractivity contribution in [2.24, 2.45) is 0 Å². The van der Waals surface area contributed by atoms with Gasteiger partial charge in [0.05, 0.1) is 28.1 Å². The van der Waals surface area contributed by atoms with Gasteiger partial charge in [0.1, 0.15) is 0 Å². The molecule has 0 atom stereocenters. The van der Waals surface area contributed by atoms with Crippen LogP contribution in [0.25, 0.3) is 72.5 Å². The summed E-state index contributed by atoms with van der Waals surface area (Å²) in [6.45, 7) is 4.74. The highest BCUT2D eigenvalue weighted by atomic mass is 28.3. The SMILES string of the molecule is CC1(C)c2ccccc2-c2cc3c4ccccc4n(-c4ccccc4-c4nc(-c5ccccc5)nc5c4[Si](c4ccccc4)(c4ccccc4)c4ccccc4-5)c3cc21. The Hall–Kier alpha value is -7.14. The second kappa shape index (κ2) is 12.7. The molecule has 1 aliphatic heterocycles. The van der Waals surface area contributed by atoms with E-state index < -0.39 is 8.07 Å². The van der Waals surface area contributed by atoms with E-state index in [-0.39, 0.29) is 5.41 Å². The van der Waals surface area contributed by atoms with Crippen molar-refractivity contribution >= 4 is 50.6 Å². The van der Waals surface area contributed by atoms with Gasteiger partial charge in [-0.15, -0.1) is 0 Å². The van der Waals surface area contributed by atoms with Crippen molar-refractivity contribution in [1.82, 2.24) is 14.5 Å². The van der Waals surface area contributed by atoms with Crippen LogP contribution in [0, 0.1) is 0 Å². The number of nitrogens with zero attached hydrogens (tertiary/aromatic N) is 3. The molecule has 0 saturated carbocycles. The molecule has 3 heterocycles. The second-order valence-electron chi connectivity index (χ2n) is 16.5. The molecule has 0 bridgehead atoms. The highest BCUT2D eigenvalue weighted by molar-refractivity contribution is 7.22. The number of rotatable bonds is 5. The minimum Gasteiger partial charge on any atom is -0.309 e. The van der Waals surface area contributed by atoms with Crippen LogP contribution in [0.1, 0.15) is 25.0 Å². The van der Waals surface area contributed by atoms with E-state index in [0.717, 1.165) is 34.0 Å². The highest BCUT2D eigenvalue weighted by Gasteiger charge is 2.52. The van der Waals surface area contributed by atoms with Gasteiger partial charge in [-0.2, -0.15) is 0 Å². The molecule has 12 rings (SSSR count). The van der Waals surface area contributed by atoms with Gasteiger partial charge >= 0.3 is 0 Å². The molecule has 1 aliphatic carbocycles. The minimum atomic E-state index is -3.00. The fourth-order valence-corrected chi connectivity index (χ4v) is 15.7. The van der Waals surface area contributed by atoms with Crippen molar-refractivity contribution in [2.45, 2.75) is 19.3 Å². The molecular formula is C55H39N3Si. The zero-order chi connectivity index (χ0) is 39.3. The molecule has 0 amide bonds. The van der Waals surface area contributed by atoms with Gasteiger partial charge in [-0.25, -0.2) is 9.97 Å². The molecule has 278 valence electrons. The first-order chi connectivity index (χ1) is 29.0. The van der Waals surface area contributed by atoms with Crippen LogP contribution in [-0.4, -0.2) is 22.6 Å². The normalized spacial score (nSPS) is 14.2. The van der Waals surface area contributed by atoms with Crippen LogP contribution in [0.2, 0.25) is 0 Å². The van der Waals surface area contributed by atoms with Crippen LogP contribution in [0.15, 0.2) is 200 Å². The zero-order valence-corrected chi connectivity index (χ0v) is 33.9. The van der Waals surface area contributed by atoms with Crippen molar-refractivity contribution in [3.05, 3.63) is 211 Å². The molecule has 59 heavy (non-hydrogen) atoms. The summed E-state index contributed by atoms with van der Waals surface area (Å²) in [5, 5.41) is 7.72. The van der Waals surface area contributed by atoms with Crippen LogP contribution in [0.4, 0.5) is 0 Å². The molecule has 10 aromatic rings. The van der Waals surface area contributed by atoms with Crippen molar-refractivity contribution in [2.75, 3.05) is 0 Å². The first-order valence-electron chi connectivity index (χ1n) is 20.5. The van der Waals surface area contributed by atoms with E-state index in [1.54, 1.807) is 0 Å². The number of benzene rings is 8. The van der Waals surface area contributed by atoms with Crippen LogP contribution in [-0.2, 0) is 5.41 Å². The smallest absolute Gasteiger partial charge is 0.185 e. The average molecular weight is 770 g/mol. The van der Waals surface area contributed by atoms with Gasteiger partial charge in [0.15, 0.2) is 13.9 Å². The molecule has 2 aliphatic rings. The number of aromatic nitrogens is 3. The van der Waals surface area contributed by atoms with Crippen LogP contribution in [0.5, 0.6) is 0 Å². The molecule has 0 radical (unpaired) electrons. The van der Waals surface area contributed by atoms with Gasteiger partial charge in [0.2, 0.25) is 0 Å². The standard InChI is InChI=1S/C55H39N3Si/c1-55(2)45-30-16-12-26-39(45)43-34-44-40-27-13-17-31-47(40)58(49(44)35-46(43)55)48-32-18-14-28-41(48)51-53-52(57-54(56-51)36-20-6-3-7-21-36)42-29-15-19-33-50(42)59(53,37-22-8-4-9-23-37)38-24-10-5-11-25-38/h3-35H,1-2H3. The molecule has 2 aromatic heterocycles. The summed E-state index contributed by atoms with van der Waals surface area (Å²) in [6, 6.07) is 73.5. The Labute approximate surface area is 345 Å². The Morgan fingerprint density at radius 1 is 0.441 bits per heavy atom. The summed E-state index contributed by atoms with van der Waals surface area (Å²) in [4.78, 5) is 11.3. The first kappa shape index (κ1) is 33.9. The van der Waals surface area contributed by atoms with E-state index in [1.807, 2.05) is 0 Å². The Kier molecular flexibility index (Phi) is 7.29. The largest absolute Gasteiger partial charge is 0.309 e. The van der Waals surface area contributed by atoms with Gasteiger partial charge in [0, 0.05) is 38.1 Å². The predicted molar refractivity (Wildman–Crippen MR) is 247 cm³/mol. The summed E-state index contributed by atoms with van der Waals surface area (Å²) in [6.07, 6.45) is 0. The van der Waals surface area contributed by atoms with Crippen molar-refractivity contribution in [3.63, 3.8) is 0 Å². The Bertz CT molecular complexity index is 3250. The van der Waals surface area contributed by atoms with E-state index in [1.165, 1.54) is 70.4 Å². The average Bonchev–Trinajstić information content (AvgIpc) is 3.87. The maximum Gasteiger partial charge on any atom is 0.185 e. The number of para-hydroxylation sites is 2. The molecule has 0 fully saturated rings.